The number of benzene rings is 2. The number of nitrogens with one attached hydrogen (secondary N) is 1. The molecule has 2 N–H and O–H groups in total. The van der Waals surface area contributed by atoms with E-state index >= 15 is 0 Å². The molecule has 1 heterocycles. The molecule has 33 heavy (non-hydrogen) atoms. The number of hydrogen-bond donors (Lipinski definition) is 2. The highest BCUT2D eigenvalue weighted by atomic mass is 35.5. The van der Waals surface area contributed by atoms with Crippen LogP contribution in [0.1, 0.15) is 41.7 Å². The smallest absolute Gasteiger partial charge is 0.406 e. The van der Waals surface area contributed by atoms with Gasteiger partial charge in [0.15, 0.2) is 0 Å². The molecule has 2 atom stereocenters. The fourth-order valence-electron chi connectivity index (χ4n) is 4.32. The maximum Gasteiger partial charge on any atom is 0.573 e. The van der Waals surface area contributed by atoms with E-state index in [1.807, 2.05) is 0 Å². The van der Waals surface area contributed by atoms with Gasteiger partial charge in [-0.25, -0.2) is 0 Å². The fraction of sp³-hybridized carbons (Fsp3) is 0.375. The van der Waals surface area contributed by atoms with Crippen molar-refractivity contribution >= 4 is 28.4 Å². The minimum absolute atomic E-state index is 0.0242. The lowest BCUT2D eigenvalue weighted by atomic mass is 9.86. The third-order valence-electron chi connectivity index (χ3n) is 5.99. The van der Waals surface area contributed by atoms with Crippen LogP contribution in [0.25, 0.3) is 10.9 Å². The number of carbonyl (C=O) groups is 1. The second-order valence-electron chi connectivity index (χ2n) is 8.33. The fourth-order valence-corrected chi connectivity index (χ4v) is 4.50. The monoisotopic (exact) mass is 480 g/mol. The van der Waals surface area contributed by atoms with E-state index in [1.165, 1.54) is 24.3 Å². The van der Waals surface area contributed by atoms with Gasteiger partial charge in [0, 0.05) is 34.9 Å². The van der Waals surface area contributed by atoms with Crippen LogP contribution in [0.4, 0.5) is 13.2 Å². The summed E-state index contributed by atoms with van der Waals surface area (Å²) in [7, 11) is 0. The Morgan fingerprint density at radius 3 is 2.55 bits per heavy atom. The first-order chi connectivity index (χ1) is 15.7. The molecule has 1 aliphatic carbocycles. The van der Waals surface area contributed by atoms with E-state index in [-0.39, 0.29) is 24.1 Å². The quantitative estimate of drug-likeness (QED) is 0.488. The summed E-state index contributed by atoms with van der Waals surface area (Å²) in [6.07, 6.45) is -1.53. The van der Waals surface area contributed by atoms with Crippen molar-refractivity contribution in [1.29, 1.82) is 0 Å². The number of ether oxygens (including phenoxy) is 1. The van der Waals surface area contributed by atoms with Crippen LogP contribution >= 0.6 is 11.6 Å². The van der Waals surface area contributed by atoms with E-state index in [9.17, 15) is 23.1 Å². The lowest BCUT2D eigenvalue weighted by molar-refractivity contribution is -0.274. The molecule has 2 aromatic carbocycles. The van der Waals surface area contributed by atoms with Crippen molar-refractivity contribution in [1.82, 2.24) is 9.88 Å². The molecule has 3 aromatic rings. The molecular formula is C24H24ClF3N2O3. The Balaban J connectivity index is 1.57. The van der Waals surface area contributed by atoms with Gasteiger partial charge < -0.3 is 19.7 Å². The number of aliphatic hydroxyl groups excluding tert-OH is 1. The van der Waals surface area contributed by atoms with E-state index in [0.717, 1.165) is 36.6 Å². The van der Waals surface area contributed by atoms with E-state index < -0.39 is 12.5 Å². The van der Waals surface area contributed by atoms with Gasteiger partial charge in [0.25, 0.3) is 5.91 Å². The summed E-state index contributed by atoms with van der Waals surface area (Å²) in [6, 6.07) is 12.6. The van der Waals surface area contributed by atoms with E-state index in [1.54, 1.807) is 28.8 Å². The van der Waals surface area contributed by atoms with Crippen LogP contribution in [0.5, 0.6) is 5.75 Å². The Bertz CT molecular complexity index is 1130. The summed E-state index contributed by atoms with van der Waals surface area (Å²) in [5.74, 6) is -0.562. The topological polar surface area (TPSA) is 63.5 Å². The highest BCUT2D eigenvalue weighted by molar-refractivity contribution is 6.31. The van der Waals surface area contributed by atoms with Gasteiger partial charge in [0.2, 0.25) is 0 Å². The number of alkyl halides is 3. The van der Waals surface area contributed by atoms with Crippen molar-refractivity contribution in [2.45, 2.75) is 44.7 Å². The van der Waals surface area contributed by atoms with Crippen LogP contribution in [0.2, 0.25) is 5.02 Å². The molecule has 1 amide bonds. The molecule has 0 bridgehead atoms. The minimum Gasteiger partial charge on any atom is -0.406 e. The maximum atomic E-state index is 13.1. The van der Waals surface area contributed by atoms with Crippen LogP contribution in [0.15, 0.2) is 48.5 Å². The number of fused-ring (bicyclic) bond motifs is 1. The van der Waals surface area contributed by atoms with Crippen molar-refractivity contribution in [3.05, 3.63) is 64.8 Å². The molecular weight excluding hydrogens is 457 g/mol. The lowest BCUT2D eigenvalue weighted by Gasteiger charge is -2.27. The van der Waals surface area contributed by atoms with Gasteiger partial charge in [-0.05, 0) is 54.8 Å². The number of aromatic nitrogens is 1. The summed E-state index contributed by atoms with van der Waals surface area (Å²) < 4.78 is 43.0. The van der Waals surface area contributed by atoms with Crippen LogP contribution in [-0.2, 0) is 6.54 Å². The SMILES string of the molecule is O=C(NCC1CCCCC1O)c1cc2cc(Cl)ccc2n1Cc1ccc(OC(F)(F)F)cc1. The molecule has 0 saturated heterocycles. The largest absolute Gasteiger partial charge is 0.573 e. The molecule has 1 aliphatic rings. The van der Waals surface area contributed by atoms with E-state index in [2.05, 4.69) is 10.1 Å². The Hall–Kier alpha value is -2.71. The Morgan fingerprint density at radius 2 is 1.85 bits per heavy atom. The molecule has 1 saturated carbocycles. The second kappa shape index (κ2) is 9.65. The van der Waals surface area contributed by atoms with Crippen molar-refractivity contribution in [2.75, 3.05) is 6.54 Å². The van der Waals surface area contributed by atoms with Crippen LogP contribution in [-0.4, -0.2) is 34.6 Å². The van der Waals surface area contributed by atoms with Gasteiger partial charge in [-0.1, -0.05) is 36.6 Å². The van der Waals surface area contributed by atoms with Gasteiger partial charge >= 0.3 is 6.36 Å². The average Bonchev–Trinajstić information content (AvgIpc) is 3.10. The first-order valence-corrected chi connectivity index (χ1v) is 11.2. The summed E-state index contributed by atoms with van der Waals surface area (Å²) >= 11 is 6.13. The molecule has 0 radical (unpaired) electrons. The normalized spacial score (nSPS) is 18.9. The van der Waals surface area contributed by atoms with Gasteiger partial charge in [0.05, 0.1) is 6.10 Å². The van der Waals surface area contributed by atoms with Crippen molar-refractivity contribution < 1.29 is 27.8 Å². The zero-order chi connectivity index (χ0) is 23.6. The maximum absolute atomic E-state index is 13.1. The molecule has 4 rings (SSSR count). The van der Waals surface area contributed by atoms with Gasteiger partial charge in [-0.15, -0.1) is 13.2 Å². The molecule has 0 spiro atoms. The summed E-state index contributed by atoms with van der Waals surface area (Å²) in [4.78, 5) is 13.1. The first-order valence-electron chi connectivity index (χ1n) is 10.8. The number of aliphatic hydroxyl groups is 1. The molecule has 9 heteroatoms. The number of nitrogens with zero attached hydrogens (tertiary/aromatic N) is 1. The van der Waals surface area contributed by atoms with Gasteiger partial charge in [-0.3, -0.25) is 4.79 Å². The minimum atomic E-state index is -4.76. The highest BCUT2D eigenvalue weighted by Crippen LogP contribution is 2.27. The predicted molar refractivity (Wildman–Crippen MR) is 119 cm³/mol. The van der Waals surface area contributed by atoms with Crippen LogP contribution in [0, 0.1) is 5.92 Å². The first kappa shape index (κ1) is 23.4. The number of carbonyl (C=O) groups excluding carboxylic acids is 1. The third-order valence-corrected chi connectivity index (χ3v) is 6.22. The predicted octanol–water partition coefficient (Wildman–Crippen LogP) is 5.52. The summed E-state index contributed by atoms with van der Waals surface area (Å²) in [6.45, 7) is 0.651. The van der Waals surface area contributed by atoms with E-state index in [0.29, 0.717) is 22.8 Å². The Labute approximate surface area is 194 Å². The summed E-state index contributed by atoms with van der Waals surface area (Å²) in [5, 5.41) is 14.4. The molecule has 0 aliphatic heterocycles. The van der Waals surface area contributed by atoms with Crippen molar-refractivity contribution in [3.63, 3.8) is 0 Å². The van der Waals surface area contributed by atoms with Crippen LogP contribution < -0.4 is 10.1 Å². The third kappa shape index (κ3) is 5.81. The summed E-state index contributed by atoms with van der Waals surface area (Å²) in [5.41, 5.74) is 1.89. The Morgan fingerprint density at radius 1 is 1.12 bits per heavy atom. The number of amides is 1. The van der Waals surface area contributed by atoms with Crippen LogP contribution in [0.3, 0.4) is 0 Å². The molecule has 1 fully saturated rings. The van der Waals surface area contributed by atoms with Gasteiger partial charge in [-0.2, -0.15) is 0 Å². The standard InChI is InChI=1S/C24H24ClF3N2O3/c25-18-7-10-20-17(11-18)12-21(23(32)29-13-16-3-1-2-4-22(16)31)30(20)14-15-5-8-19(9-6-15)33-24(26,27)28/h5-12,16,22,31H,1-4,13-14H2,(H,29,32). The zero-order valence-electron chi connectivity index (χ0n) is 17.7. The number of halogens is 4. The molecule has 1 aromatic heterocycles. The van der Waals surface area contributed by atoms with Crippen molar-refractivity contribution in [2.24, 2.45) is 5.92 Å². The highest BCUT2D eigenvalue weighted by Gasteiger charge is 2.31. The molecule has 176 valence electrons. The van der Waals surface area contributed by atoms with Crippen molar-refractivity contribution in [3.8, 4) is 5.75 Å². The molecule has 5 nitrogen and oxygen atoms in total. The second-order valence-corrected chi connectivity index (χ2v) is 8.77. The zero-order valence-corrected chi connectivity index (χ0v) is 18.5. The molecule has 2 unspecified atom stereocenters. The van der Waals surface area contributed by atoms with Gasteiger partial charge in [0.1, 0.15) is 11.4 Å². The average molecular weight is 481 g/mol. The Kier molecular flexibility index (Phi) is 6.86. The lowest BCUT2D eigenvalue weighted by Crippen LogP contribution is -2.37. The number of rotatable bonds is 6. The number of hydrogen-bond acceptors (Lipinski definition) is 3. The van der Waals surface area contributed by atoms with E-state index in [4.69, 9.17) is 11.6 Å².